The topological polar surface area (TPSA) is 84.2 Å². The Morgan fingerprint density at radius 2 is 1.67 bits per heavy atom. The number of nitrogens with one attached hydrogen (secondary N) is 2. The van der Waals surface area contributed by atoms with E-state index in [1.165, 1.54) is 0 Å². The molecular weight excluding hydrogens is 250 g/mol. The van der Waals surface area contributed by atoms with Crippen molar-refractivity contribution in [1.82, 2.24) is 0 Å². The molecule has 4 N–H and O–H groups in total. The minimum Gasteiger partial charge on any atom is -0.383 e. The molecule has 102 valence electrons. The monoisotopic (exact) mass is 271 g/mol. The molecule has 0 radical (unpaired) electrons. The Hall–Kier alpha value is -1.27. The van der Waals surface area contributed by atoms with Crippen molar-refractivity contribution in [3.05, 3.63) is 24.3 Å². The van der Waals surface area contributed by atoms with Gasteiger partial charge in [0.1, 0.15) is 0 Å². The first kappa shape index (κ1) is 14.8. The Balaban J connectivity index is 2.63. The highest BCUT2D eigenvalue weighted by Gasteiger charge is 2.10. The van der Waals surface area contributed by atoms with E-state index >= 15 is 0 Å². The Morgan fingerprint density at radius 1 is 1.17 bits per heavy atom. The number of sulfonamides is 1. The van der Waals surface area contributed by atoms with Crippen LogP contribution < -0.4 is 15.8 Å². The van der Waals surface area contributed by atoms with Crippen LogP contribution in [-0.4, -0.2) is 26.3 Å². The molecule has 0 heterocycles. The fourth-order valence-electron chi connectivity index (χ4n) is 1.24. The molecule has 0 aliphatic rings. The minimum absolute atomic E-state index is 0.0639. The first-order valence-corrected chi connectivity index (χ1v) is 7.50. The SMILES string of the molecule is CCS(=O)(=O)Nc1ccc(NCC(C)(C)N)cc1. The lowest BCUT2D eigenvalue weighted by atomic mass is 10.1. The molecule has 0 fully saturated rings. The van der Waals surface area contributed by atoms with Crippen molar-refractivity contribution < 1.29 is 8.42 Å². The molecule has 0 saturated carbocycles. The van der Waals surface area contributed by atoms with Crippen LogP contribution in [0.25, 0.3) is 0 Å². The van der Waals surface area contributed by atoms with E-state index in [0.29, 0.717) is 12.2 Å². The fraction of sp³-hybridized carbons (Fsp3) is 0.500. The van der Waals surface area contributed by atoms with Crippen molar-refractivity contribution in [2.75, 3.05) is 22.3 Å². The summed E-state index contributed by atoms with van der Waals surface area (Å²) < 4.78 is 25.2. The van der Waals surface area contributed by atoms with Crippen LogP contribution in [0.15, 0.2) is 24.3 Å². The number of hydrogen-bond acceptors (Lipinski definition) is 4. The molecule has 0 amide bonds. The molecule has 5 nitrogen and oxygen atoms in total. The molecule has 18 heavy (non-hydrogen) atoms. The quantitative estimate of drug-likeness (QED) is 0.733. The maximum absolute atomic E-state index is 11.4. The highest BCUT2D eigenvalue weighted by Crippen LogP contribution is 2.15. The van der Waals surface area contributed by atoms with E-state index in [1.54, 1.807) is 19.1 Å². The van der Waals surface area contributed by atoms with E-state index in [9.17, 15) is 8.42 Å². The molecule has 0 bridgehead atoms. The Labute approximate surface area is 109 Å². The summed E-state index contributed by atoms with van der Waals surface area (Å²) in [5.74, 6) is 0.0639. The van der Waals surface area contributed by atoms with Gasteiger partial charge in [-0.3, -0.25) is 4.72 Å². The van der Waals surface area contributed by atoms with Crippen LogP contribution in [0, 0.1) is 0 Å². The summed E-state index contributed by atoms with van der Waals surface area (Å²) in [6.07, 6.45) is 0. The van der Waals surface area contributed by atoms with Crippen LogP contribution >= 0.6 is 0 Å². The predicted octanol–water partition coefficient (Wildman–Crippen LogP) is 1.60. The van der Waals surface area contributed by atoms with Crippen molar-refractivity contribution >= 4 is 21.4 Å². The zero-order valence-electron chi connectivity index (χ0n) is 11.0. The van der Waals surface area contributed by atoms with Crippen LogP contribution in [0.4, 0.5) is 11.4 Å². The van der Waals surface area contributed by atoms with Gasteiger partial charge >= 0.3 is 0 Å². The van der Waals surface area contributed by atoms with Gasteiger partial charge in [0.05, 0.1) is 5.75 Å². The van der Waals surface area contributed by atoms with Crippen molar-refractivity contribution in [2.45, 2.75) is 26.3 Å². The van der Waals surface area contributed by atoms with Crippen LogP contribution in [0.5, 0.6) is 0 Å². The Bertz CT molecular complexity index is 475. The van der Waals surface area contributed by atoms with E-state index in [0.717, 1.165) is 5.69 Å². The van der Waals surface area contributed by atoms with Gasteiger partial charge in [0.25, 0.3) is 0 Å². The molecule has 6 heteroatoms. The second-order valence-electron chi connectivity index (χ2n) is 4.92. The molecule has 0 aromatic heterocycles. The highest BCUT2D eigenvalue weighted by molar-refractivity contribution is 7.92. The first-order chi connectivity index (χ1) is 8.22. The summed E-state index contributed by atoms with van der Waals surface area (Å²) in [6.45, 7) is 6.11. The van der Waals surface area contributed by atoms with Crippen molar-refractivity contribution in [3.63, 3.8) is 0 Å². The molecule has 0 spiro atoms. The first-order valence-electron chi connectivity index (χ1n) is 5.85. The molecule has 0 atom stereocenters. The fourth-order valence-corrected chi connectivity index (χ4v) is 1.88. The summed E-state index contributed by atoms with van der Waals surface area (Å²) in [6, 6.07) is 7.08. The second-order valence-corrected chi connectivity index (χ2v) is 6.94. The average Bonchev–Trinajstić information content (AvgIpc) is 2.27. The highest BCUT2D eigenvalue weighted by atomic mass is 32.2. The van der Waals surface area contributed by atoms with Crippen LogP contribution in [0.2, 0.25) is 0 Å². The number of hydrogen-bond donors (Lipinski definition) is 3. The van der Waals surface area contributed by atoms with Crippen LogP contribution in [0.3, 0.4) is 0 Å². The van der Waals surface area contributed by atoms with Gasteiger partial charge in [-0.1, -0.05) is 0 Å². The molecule has 0 aliphatic carbocycles. The van der Waals surface area contributed by atoms with Crippen molar-refractivity contribution in [3.8, 4) is 0 Å². The largest absolute Gasteiger partial charge is 0.383 e. The van der Waals surface area contributed by atoms with Gasteiger partial charge in [-0.05, 0) is 45.0 Å². The third-order valence-corrected chi connectivity index (χ3v) is 3.59. The van der Waals surface area contributed by atoms with Gasteiger partial charge in [-0.2, -0.15) is 0 Å². The summed E-state index contributed by atoms with van der Waals surface area (Å²) >= 11 is 0. The number of nitrogens with two attached hydrogens (primary N) is 1. The van der Waals surface area contributed by atoms with E-state index in [-0.39, 0.29) is 11.3 Å². The number of benzene rings is 1. The van der Waals surface area contributed by atoms with E-state index in [4.69, 9.17) is 5.73 Å². The van der Waals surface area contributed by atoms with Gasteiger partial charge in [0, 0.05) is 23.5 Å². The Kier molecular flexibility index (Phi) is 4.59. The van der Waals surface area contributed by atoms with Crippen LogP contribution in [0.1, 0.15) is 20.8 Å². The van der Waals surface area contributed by atoms with Gasteiger partial charge in [0.15, 0.2) is 0 Å². The zero-order chi connectivity index (χ0) is 13.8. The summed E-state index contributed by atoms with van der Waals surface area (Å²) in [7, 11) is -3.21. The third kappa shape index (κ3) is 5.37. The minimum atomic E-state index is -3.21. The van der Waals surface area contributed by atoms with E-state index < -0.39 is 10.0 Å². The smallest absolute Gasteiger partial charge is 0.232 e. The molecule has 0 saturated heterocycles. The van der Waals surface area contributed by atoms with Crippen molar-refractivity contribution in [2.24, 2.45) is 5.73 Å². The summed E-state index contributed by atoms with van der Waals surface area (Å²) in [4.78, 5) is 0. The second kappa shape index (κ2) is 5.58. The molecule has 0 unspecified atom stereocenters. The standard InChI is InChI=1S/C12H21N3O2S/c1-4-18(16,17)15-11-7-5-10(6-8-11)14-9-12(2,3)13/h5-8,14-15H,4,9,13H2,1-3H3. The average molecular weight is 271 g/mol. The maximum atomic E-state index is 11.4. The molecule has 1 aromatic rings. The van der Waals surface area contributed by atoms with Gasteiger partial charge in [0.2, 0.25) is 10.0 Å². The molecular formula is C12H21N3O2S. The van der Waals surface area contributed by atoms with E-state index in [1.807, 2.05) is 26.0 Å². The zero-order valence-corrected chi connectivity index (χ0v) is 11.8. The van der Waals surface area contributed by atoms with Crippen LogP contribution in [-0.2, 0) is 10.0 Å². The third-order valence-electron chi connectivity index (χ3n) is 2.29. The Morgan fingerprint density at radius 3 is 2.11 bits per heavy atom. The summed E-state index contributed by atoms with van der Waals surface area (Å²) in [5, 5.41) is 3.19. The lowest BCUT2D eigenvalue weighted by molar-refractivity contribution is 0.549. The van der Waals surface area contributed by atoms with Gasteiger partial charge < -0.3 is 11.1 Å². The maximum Gasteiger partial charge on any atom is 0.232 e. The molecule has 1 rings (SSSR count). The summed E-state index contributed by atoms with van der Waals surface area (Å²) in [5.41, 5.74) is 7.05. The normalized spacial score (nSPS) is 12.2. The lowest BCUT2D eigenvalue weighted by Crippen LogP contribution is -2.39. The van der Waals surface area contributed by atoms with Gasteiger partial charge in [-0.15, -0.1) is 0 Å². The number of anilines is 2. The number of rotatable bonds is 6. The van der Waals surface area contributed by atoms with E-state index in [2.05, 4.69) is 10.0 Å². The predicted molar refractivity (Wildman–Crippen MR) is 76.3 cm³/mol. The lowest BCUT2D eigenvalue weighted by Gasteiger charge is -2.19. The van der Waals surface area contributed by atoms with Gasteiger partial charge in [-0.25, -0.2) is 8.42 Å². The van der Waals surface area contributed by atoms with Crippen molar-refractivity contribution in [1.29, 1.82) is 0 Å². The molecule has 0 aliphatic heterocycles. The molecule has 1 aromatic carbocycles.